The molecule has 3 aromatic rings. The molecule has 0 saturated carbocycles. The lowest BCUT2D eigenvalue weighted by Gasteiger charge is -2.19. The van der Waals surface area contributed by atoms with E-state index in [1.807, 2.05) is 12.1 Å². The highest BCUT2D eigenvalue weighted by atomic mass is 16.5. The molecule has 1 radical (unpaired) electrons. The molecule has 0 fully saturated rings. The van der Waals surface area contributed by atoms with Crippen molar-refractivity contribution >= 4 is 0 Å². The Morgan fingerprint density at radius 2 is 1.19 bits per heavy atom. The Kier molecular flexibility index (Phi) is 5.27. The summed E-state index contributed by atoms with van der Waals surface area (Å²) < 4.78 is 10.8. The molecule has 2 nitrogen and oxygen atoms in total. The van der Waals surface area contributed by atoms with Crippen LogP contribution >= 0.6 is 0 Å². The molecule has 2 heteroatoms. The molecular weight excluding hydrogens is 332 g/mol. The summed E-state index contributed by atoms with van der Waals surface area (Å²) in [5, 5.41) is 0. The van der Waals surface area contributed by atoms with Crippen LogP contribution in [0.4, 0.5) is 0 Å². The molecule has 0 aliphatic rings. The quantitative estimate of drug-likeness (QED) is 0.538. The highest BCUT2D eigenvalue weighted by Gasteiger charge is 2.15. The molecule has 0 atom stereocenters. The van der Waals surface area contributed by atoms with E-state index in [1.54, 1.807) is 14.2 Å². The van der Waals surface area contributed by atoms with Gasteiger partial charge in [0.05, 0.1) is 14.2 Å². The fraction of sp³-hybridized carbons (Fsp3) is 0.280. The number of rotatable bonds is 4. The number of hydrogen-bond donors (Lipinski definition) is 0. The molecule has 139 valence electrons. The van der Waals surface area contributed by atoms with Crippen molar-refractivity contribution in [3.05, 3.63) is 70.3 Å². The minimum absolute atomic E-state index is 0.909. The largest absolute Gasteiger partial charge is 0.496 e. The van der Waals surface area contributed by atoms with E-state index in [0.717, 1.165) is 28.2 Å². The average Bonchev–Trinajstić information content (AvgIpc) is 2.65. The highest BCUT2D eigenvalue weighted by molar-refractivity contribution is 5.82. The van der Waals surface area contributed by atoms with Gasteiger partial charge in [0, 0.05) is 0 Å². The zero-order valence-corrected chi connectivity index (χ0v) is 17.3. The van der Waals surface area contributed by atoms with Gasteiger partial charge < -0.3 is 9.47 Å². The first-order valence-corrected chi connectivity index (χ1v) is 9.20. The molecule has 27 heavy (non-hydrogen) atoms. The third-order valence-corrected chi connectivity index (χ3v) is 5.37. The number of benzene rings is 3. The molecule has 0 heterocycles. The van der Waals surface area contributed by atoms with Gasteiger partial charge in [-0.15, -0.1) is 0 Å². The first kappa shape index (κ1) is 19.0. The molecule has 0 amide bonds. The maximum atomic E-state index is 5.43. The number of hydrogen-bond acceptors (Lipinski definition) is 2. The maximum Gasteiger partial charge on any atom is 0.121 e. The van der Waals surface area contributed by atoms with Gasteiger partial charge in [0.15, 0.2) is 0 Å². The van der Waals surface area contributed by atoms with Crippen molar-refractivity contribution in [2.24, 2.45) is 0 Å². The van der Waals surface area contributed by atoms with Gasteiger partial charge in [-0.1, -0.05) is 12.1 Å². The van der Waals surface area contributed by atoms with Crippen LogP contribution in [0.2, 0.25) is 0 Å². The van der Waals surface area contributed by atoms with Crippen molar-refractivity contribution in [2.75, 3.05) is 14.2 Å². The van der Waals surface area contributed by atoms with E-state index in [4.69, 9.17) is 9.47 Å². The smallest absolute Gasteiger partial charge is 0.121 e. The SMILES string of the molecule is COc1ccc(-c2[c]c(C)c(C)c(-c3ccc(OC)c(C)c3)c2C)cc1C. The minimum atomic E-state index is 0.909. The van der Waals surface area contributed by atoms with E-state index in [-0.39, 0.29) is 0 Å². The second-order valence-electron chi connectivity index (χ2n) is 7.12. The summed E-state index contributed by atoms with van der Waals surface area (Å²) in [6, 6.07) is 16.3. The monoisotopic (exact) mass is 359 g/mol. The Morgan fingerprint density at radius 1 is 0.667 bits per heavy atom. The van der Waals surface area contributed by atoms with E-state index < -0.39 is 0 Å². The molecule has 0 aliphatic carbocycles. The lowest BCUT2D eigenvalue weighted by Crippen LogP contribution is -1.98. The van der Waals surface area contributed by atoms with Gasteiger partial charge >= 0.3 is 0 Å². The van der Waals surface area contributed by atoms with Crippen molar-refractivity contribution in [2.45, 2.75) is 34.6 Å². The average molecular weight is 359 g/mol. The van der Waals surface area contributed by atoms with Crippen molar-refractivity contribution in [1.29, 1.82) is 0 Å². The second kappa shape index (κ2) is 7.48. The molecule has 3 aromatic carbocycles. The van der Waals surface area contributed by atoms with E-state index in [2.05, 4.69) is 65.0 Å². The molecule has 0 spiro atoms. The van der Waals surface area contributed by atoms with Crippen LogP contribution in [0, 0.1) is 40.7 Å². The minimum Gasteiger partial charge on any atom is -0.496 e. The zero-order valence-electron chi connectivity index (χ0n) is 17.3. The van der Waals surface area contributed by atoms with E-state index >= 15 is 0 Å². The molecule has 0 saturated heterocycles. The molecule has 0 N–H and O–H groups in total. The van der Waals surface area contributed by atoms with Crippen molar-refractivity contribution in [1.82, 2.24) is 0 Å². The van der Waals surface area contributed by atoms with Gasteiger partial charge in [0.25, 0.3) is 0 Å². The maximum absolute atomic E-state index is 5.43. The number of aryl methyl sites for hydroxylation is 3. The van der Waals surface area contributed by atoms with Gasteiger partial charge in [-0.05, 0) is 115 Å². The fourth-order valence-corrected chi connectivity index (χ4v) is 3.76. The van der Waals surface area contributed by atoms with Gasteiger partial charge in [-0.3, -0.25) is 0 Å². The Morgan fingerprint density at radius 3 is 1.70 bits per heavy atom. The first-order valence-electron chi connectivity index (χ1n) is 9.20. The first-order chi connectivity index (χ1) is 12.9. The molecule has 0 bridgehead atoms. The molecule has 0 aromatic heterocycles. The lowest BCUT2D eigenvalue weighted by atomic mass is 9.86. The fourth-order valence-electron chi connectivity index (χ4n) is 3.76. The summed E-state index contributed by atoms with van der Waals surface area (Å²) in [5.41, 5.74) is 10.8. The van der Waals surface area contributed by atoms with Gasteiger partial charge in [-0.2, -0.15) is 0 Å². The van der Waals surface area contributed by atoms with Crippen LogP contribution in [-0.2, 0) is 0 Å². The Bertz CT molecular complexity index is 1000. The molecule has 0 aliphatic heterocycles. The highest BCUT2D eigenvalue weighted by Crippen LogP contribution is 2.38. The predicted molar refractivity (Wildman–Crippen MR) is 113 cm³/mol. The van der Waals surface area contributed by atoms with Gasteiger partial charge in [0.2, 0.25) is 0 Å². The Hall–Kier alpha value is -2.74. The standard InChI is InChI=1S/C25H27O2/c1-15-14-22(20-8-10-23(26-6)16(2)12-20)19(5)25(18(15)4)21-9-11-24(27-7)17(3)13-21/h8-13H,1-7H3. The van der Waals surface area contributed by atoms with Crippen LogP contribution in [0.5, 0.6) is 11.5 Å². The number of ether oxygens (including phenoxy) is 2. The summed E-state index contributed by atoms with van der Waals surface area (Å²) in [6.07, 6.45) is 0. The van der Waals surface area contributed by atoms with Gasteiger partial charge in [-0.25, -0.2) is 0 Å². The van der Waals surface area contributed by atoms with Gasteiger partial charge in [0.1, 0.15) is 11.5 Å². The Labute approximate surface area is 162 Å². The van der Waals surface area contributed by atoms with Crippen molar-refractivity contribution in [3.63, 3.8) is 0 Å². The normalized spacial score (nSPS) is 10.8. The molecule has 3 rings (SSSR count). The third-order valence-electron chi connectivity index (χ3n) is 5.37. The zero-order chi connectivity index (χ0) is 19.7. The summed E-state index contributed by atoms with van der Waals surface area (Å²) in [6.45, 7) is 10.7. The summed E-state index contributed by atoms with van der Waals surface area (Å²) in [7, 11) is 3.42. The molecule has 0 unspecified atom stereocenters. The topological polar surface area (TPSA) is 18.5 Å². The number of methoxy groups -OCH3 is 2. The lowest BCUT2D eigenvalue weighted by molar-refractivity contribution is 0.411. The second-order valence-corrected chi connectivity index (χ2v) is 7.12. The van der Waals surface area contributed by atoms with Crippen LogP contribution in [0.15, 0.2) is 36.4 Å². The Balaban J connectivity index is 2.22. The summed E-state index contributed by atoms with van der Waals surface area (Å²) in [5.74, 6) is 1.82. The summed E-state index contributed by atoms with van der Waals surface area (Å²) >= 11 is 0. The predicted octanol–water partition coefficient (Wildman–Crippen LogP) is 6.38. The van der Waals surface area contributed by atoms with Crippen molar-refractivity contribution in [3.8, 4) is 33.8 Å². The molecular formula is C25H27O2. The van der Waals surface area contributed by atoms with E-state index in [0.29, 0.717) is 0 Å². The van der Waals surface area contributed by atoms with Crippen LogP contribution < -0.4 is 9.47 Å². The third kappa shape index (κ3) is 3.44. The van der Waals surface area contributed by atoms with E-state index in [9.17, 15) is 0 Å². The van der Waals surface area contributed by atoms with Crippen LogP contribution in [0.3, 0.4) is 0 Å². The van der Waals surface area contributed by atoms with Crippen LogP contribution in [-0.4, -0.2) is 14.2 Å². The van der Waals surface area contributed by atoms with Crippen LogP contribution in [0.1, 0.15) is 27.8 Å². The van der Waals surface area contributed by atoms with Crippen LogP contribution in [0.25, 0.3) is 22.3 Å². The summed E-state index contributed by atoms with van der Waals surface area (Å²) in [4.78, 5) is 0. The van der Waals surface area contributed by atoms with E-state index in [1.165, 1.54) is 33.4 Å². The van der Waals surface area contributed by atoms with Crippen molar-refractivity contribution < 1.29 is 9.47 Å².